The number of carbonyl (C=O) groups is 1. The van der Waals surface area contributed by atoms with Gasteiger partial charge in [-0.2, -0.15) is 0 Å². The number of sulfonamides is 1. The van der Waals surface area contributed by atoms with Crippen molar-refractivity contribution in [1.82, 2.24) is 5.16 Å². The Hall–Kier alpha value is -2.64. The van der Waals surface area contributed by atoms with Crippen molar-refractivity contribution < 1.29 is 32.3 Å². The lowest BCUT2D eigenvalue weighted by atomic mass is 10.0. The van der Waals surface area contributed by atoms with E-state index < -0.39 is 15.9 Å². The summed E-state index contributed by atoms with van der Waals surface area (Å²) in [6.45, 7) is 3.07. The number of ether oxygens (including phenoxy) is 2. The van der Waals surface area contributed by atoms with Gasteiger partial charge in [0.25, 0.3) is 11.8 Å². The first-order valence-electron chi connectivity index (χ1n) is 9.24. The summed E-state index contributed by atoms with van der Waals surface area (Å²) in [4.78, 5) is 14.4. The van der Waals surface area contributed by atoms with Gasteiger partial charge in [0.1, 0.15) is 20.5 Å². The van der Waals surface area contributed by atoms with Crippen molar-refractivity contribution >= 4 is 50.4 Å². The fourth-order valence-electron chi connectivity index (χ4n) is 3.45. The fourth-order valence-corrected chi connectivity index (χ4v) is 5.50. The number of halogens is 1. The molecule has 32 heavy (non-hydrogen) atoms. The molecule has 1 aromatic carbocycles. The number of thiophene rings is 1. The second-order valence-electron chi connectivity index (χ2n) is 6.90. The molecule has 13 heteroatoms. The highest BCUT2D eigenvalue weighted by Gasteiger charge is 2.35. The van der Waals surface area contributed by atoms with E-state index >= 15 is 0 Å². The predicted octanol–water partition coefficient (Wildman–Crippen LogP) is 2.90. The number of nitrogens with zero attached hydrogens (tertiary/aromatic N) is 2. The Morgan fingerprint density at radius 1 is 1.38 bits per heavy atom. The van der Waals surface area contributed by atoms with E-state index in [1.807, 2.05) is 0 Å². The Morgan fingerprint density at radius 3 is 2.75 bits per heavy atom. The van der Waals surface area contributed by atoms with Crippen molar-refractivity contribution in [3.05, 3.63) is 44.2 Å². The number of anilines is 2. The molecule has 0 bridgehead atoms. The number of nitrogens with two attached hydrogens (primary N) is 1. The summed E-state index contributed by atoms with van der Waals surface area (Å²) in [5, 5.41) is 20.3. The maximum Gasteiger partial charge on any atom is 0.276 e. The normalized spacial score (nSPS) is 12.9. The van der Waals surface area contributed by atoms with Crippen molar-refractivity contribution in [2.75, 3.05) is 18.3 Å². The van der Waals surface area contributed by atoms with Crippen LogP contribution in [-0.2, 0) is 16.4 Å². The van der Waals surface area contributed by atoms with E-state index in [1.54, 1.807) is 19.9 Å². The third-order valence-electron chi connectivity index (χ3n) is 4.86. The molecular weight excluding hydrogens is 482 g/mol. The number of aromatic nitrogens is 1. The standard InChI is InChI=1S/C19H18ClN3O7S2/c1-9-15(11(3-5-24)7-12-16(9)29-8-28-12)23(19-14(20)10(2)22-30-19)18(25)17-13(4-6-31-17)32(21,26)27/h4,6-7,24H,3,5,8H2,1-2H3,(H2,21,26,27). The van der Waals surface area contributed by atoms with E-state index in [1.165, 1.54) is 11.4 Å². The number of amides is 1. The van der Waals surface area contributed by atoms with E-state index in [9.17, 15) is 18.3 Å². The summed E-state index contributed by atoms with van der Waals surface area (Å²) in [6.07, 6.45) is 0.161. The van der Waals surface area contributed by atoms with E-state index in [0.717, 1.165) is 16.2 Å². The highest BCUT2D eigenvalue weighted by Crippen LogP contribution is 2.47. The van der Waals surface area contributed by atoms with Crippen LogP contribution in [-0.4, -0.2) is 38.0 Å². The maximum absolute atomic E-state index is 13.8. The quantitative estimate of drug-likeness (QED) is 0.526. The van der Waals surface area contributed by atoms with Gasteiger partial charge in [0.15, 0.2) is 11.5 Å². The van der Waals surface area contributed by atoms with Gasteiger partial charge in [0.2, 0.25) is 16.8 Å². The molecule has 0 saturated heterocycles. The van der Waals surface area contributed by atoms with Gasteiger partial charge in [0, 0.05) is 12.2 Å². The third kappa shape index (κ3) is 3.73. The number of aliphatic hydroxyl groups is 1. The van der Waals surface area contributed by atoms with Crippen LogP contribution < -0.4 is 19.5 Å². The van der Waals surface area contributed by atoms with Crippen LogP contribution in [0.5, 0.6) is 11.5 Å². The maximum atomic E-state index is 13.8. The Morgan fingerprint density at radius 2 is 2.12 bits per heavy atom. The monoisotopic (exact) mass is 499 g/mol. The molecule has 0 aliphatic carbocycles. The third-order valence-corrected chi connectivity index (χ3v) is 7.28. The van der Waals surface area contributed by atoms with Crippen LogP contribution in [0.3, 0.4) is 0 Å². The average molecular weight is 500 g/mol. The first-order chi connectivity index (χ1) is 15.1. The van der Waals surface area contributed by atoms with Crippen LogP contribution in [0.1, 0.15) is 26.5 Å². The number of aryl methyl sites for hydroxylation is 1. The van der Waals surface area contributed by atoms with Gasteiger partial charge in [-0.05, 0) is 43.3 Å². The fraction of sp³-hybridized carbons (Fsp3) is 0.263. The van der Waals surface area contributed by atoms with Gasteiger partial charge in [-0.3, -0.25) is 4.79 Å². The molecule has 0 spiro atoms. The molecule has 0 radical (unpaired) electrons. The van der Waals surface area contributed by atoms with Crippen LogP contribution in [0, 0.1) is 13.8 Å². The molecule has 0 unspecified atom stereocenters. The number of carbonyl (C=O) groups excluding carboxylic acids is 1. The minimum Gasteiger partial charge on any atom is -0.454 e. The van der Waals surface area contributed by atoms with E-state index in [4.69, 9.17) is 30.7 Å². The van der Waals surface area contributed by atoms with E-state index in [2.05, 4.69) is 5.16 Å². The number of aliphatic hydroxyl groups excluding tert-OH is 1. The average Bonchev–Trinajstić information content (AvgIpc) is 3.46. The first-order valence-corrected chi connectivity index (χ1v) is 12.0. The number of hydrogen-bond donors (Lipinski definition) is 2. The molecule has 1 aliphatic rings. The molecule has 170 valence electrons. The summed E-state index contributed by atoms with van der Waals surface area (Å²) in [7, 11) is -4.18. The molecule has 10 nitrogen and oxygen atoms in total. The highest BCUT2D eigenvalue weighted by atomic mass is 35.5. The summed E-state index contributed by atoms with van der Waals surface area (Å²) in [5.74, 6) is 0.0142. The second kappa shape index (κ2) is 8.37. The van der Waals surface area contributed by atoms with Gasteiger partial charge < -0.3 is 19.1 Å². The van der Waals surface area contributed by atoms with Crippen LogP contribution in [0.25, 0.3) is 0 Å². The molecule has 4 rings (SSSR count). The van der Waals surface area contributed by atoms with E-state index in [-0.39, 0.29) is 40.5 Å². The summed E-state index contributed by atoms with van der Waals surface area (Å²) < 4.78 is 40.5. The number of rotatable bonds is 6. The number of benzene rings is 1. The van der Waals surface area contributed by atoms with Gasteiger partial charge in [0.05, 0.1) is 5.69 Å². The van der Waals surface area contributed by atoms with Crippen LogP contribution in [0.15, 0.2) is 26.9 Å². The molecule has 0 saturated carbocycles. The van der Waals surface area contributed by atoms with Gasteiger partial charge >= 0.3 is 0 Å². The SMILES string of the molecule is Cc1noc(N(C(=O)c2sccc2S(N)(=O)=O)c2c(CCO)cc3c(c2C)OCO3)c1Cl. The van der Waals surface area contributed by atoms with Gasteiger partial charge in [-0.1, -0.05) is 16.8 Å². The van der Waals surface area contributed by atoms with Crippen molar-refractivity contribution in [2.24, 2.45) is 5.14 Å². The summed E-state index contributed by atoms with van der Waals surface area (Å²) in [6, 6.07) is 2.90. The van der Waals surface area contributed by atoms with Gasteiger partial charge in [-0.25, -0.2) is 18.5 Å². The zero-order valence-corrected chi connectivity index (χ0v) is 19.3. The molecule has 3 heterocycles. The largest absolute Gasteiger partial charge is 0.454 e. The van der Waals surface area contributed by atoms with Crippen molar-refractivity contribution in [3.8, 4) is 11.5 Å². The lowest BCUT2D eigenvalue weighted by molar-refractivity contribution is 0.0995. The van der Waals surface area contributed by atoms with Gasteiger partial charge in [-0.15, -0.1) is 11.3 Å². The minimum absolute atomic E-state index is 0.00516. The lowest BCUT2D eigenvalue weighted by Gasteiger charge is -2.25. The molecule has 1 aliphatic heterocycles. The van der Waals surface area contributed by atoms with Crippen molar-refractivity contribution in [2.45, 2.75) is 25.2 Å². The molecular formula is C19H18ClN3O7S2. The van der Waals surface area contributed by atoms with Crippen LogP contribution in [0.2, 0.25) is 5.02 Å². The van der Waals surface area contributed by atoms with Crippen LogP contribution in [0.4, 0.5) is 11.6 Å². The van der Waals surface area contributed by atoms with E-state index in [0.29, 0.717) is 34.0 Å². The molecule has 3 aromatic rings. The smallest absolute Gasteiger partial charge is 0.276 e. The number of primary sulfonamides is 1. The summed E-state index contributed by atoms with van der Waals surface area (Å²) in [5.41, 5.74) is 1.68. The number of hydrogen-bond acceptors (Lipinski definition) is 9. The minimum atomic E-state index is -4.18. The molecule has 3 N–H and O–H groups in total. The second-order valence-corrected chi connectivity index (χ2v) is 9.73. The lowest BCUT2D eigenvalue weighted by Crippen LogP contribution is -2.29. The Balaban J connectivity index is 2.00. The Kier molecular flexibility index (Phi) is 5.90. The zero-order chi connectivity index (χ0) is 23.2. The zero-order valence-electron chi connectivity index (χ0n) is 16.9. The van der Waals surface area contributed by atoms with Crippen molar-refractivity contribution in [3.63, 3.8) is 0 Å². The molecule has 1 amide bonds. The first kappa shape index (κ1) is 22.6. The molecule has 0 atom stereocenters. The molecule has 0 fully saturated rings. The van der Waals surface area contributed by atoms with Crippen molar-refractivity contribution in [1.29, 1.82) is 0 Å². The summed E-state index contributed by atoms with van der Waals surface area (Å²) >= 11 is 7.30. The Bertz CT molecular complexity index is 1320. The van der Waals surface area contributed by atoms with Crippen LogP contribution >= 0.6 is 22.9 Å². The predicted molar refractivity (Wildman–Crippen MR) is 117 cm³/mol. The Labute approximate surface area is 192 Å². The molecule has 2 aromatic heterocycles. The number of fused-ring (bicyclic) bond motifs is 1. The highest BCUT2D eigenvalue weighted by molar-refractivity contribution is 7.89. The topological polar surface area (TPSA) is 145 Å².